The second-order valence-electron chi connectivity index (χ2n) is 15.7. The largest absolute Gasteiger partial charge is 0.748 e. The van der Waals surface area contributed by atoms with Gasteiger partial charge in [0.1, 0.15) is 26.8 Å². The van der Waals surface area contributed by atoms with Crippen LogP contribution in [0.2, 0.25) is 0 Å². The Morgan fingerprint density at radius 3 is 2.03 bits per heavy atom. The molecule has 20 nitrogen and oxygen atoms in total. The molecule has 23 heteroatoms. The predicted octanol–water partition coefficient (Wildman–Crippen LogP) is 2.11. The van der Waals surface area contributed by atoms with Crippen molar-refractivity contribution in [2.45, 2.75) is 73.0 Å². The van der Waals surface area contributed by atoms with Crippen LogP contribution < -0.4 is 4.90 Å². The number of carbonyl (C=O) groups excluding carboxylic acids is 3. The SMILES string of the molecule is COCCOCC[N+]1=C(/C=C/C=C2/N(CCOCCC(=O)ON3C(=O)CCC3=O)c3ccc(S(=O)(=O)[O-])cc3C2(C)CCOC)C(C)(CCCS(=O)(=O)[O-])c2cc(S(=O)(=O)[O-])ccc21. The maximum absolute atomic E-state index is 12.4. The number of rotatable bonds is 24. The number of hydroxylamine groups is 2. The summed E-state index contributed by atoms with van der Waals surface area (Å²) in [6.07, 6.45) is 5.05. The van der Waals surface area contributed by atoms with Crippen LogP contribution in [0, 0.1) is 0 Å². The Balaban J connectivity index is 1.56. The topological polar surface area (TPSA) is 278 Å². The molecule has 352 valence electrons. The quantitative estimate of drug-likeness (QED) is 0.0630. The zero-order valence-corrected chi connectivity index (χ0v) is 38.3. The first-order valence-corrected chi connectivity index (χ1v) is 24.6. The molecule has 0 N–H and O–H groups in total. The van der Waals surface area contributed by atoms with Gasteiger partial charge in [0.05, 0.1) is 58.2 Å². The minimum absolute atomic E-state index is 0.00644. The Bertz CT molecular complexity index is 2520. The number of hydrogen-bond acceptors (Lipinski definition) is 18. The van der Waals surface area contributed by atoms with E-state index < -0.39 is 74.5 Å². The van der Waals surface area contributed by atoms with E-state index in [1.165, 1.54) is 50.6 Å². The van der Waals surface area contributed by atoms with E-state index in [2.05, 4.69) is 0 Å². The van der Waals surface area contributed by atoms with Gasteiger partial charge in [0.2, 0.25) is 5.69 Å². The average Bonchev–Trinajstić information content (AvgIpc) is 3.74. The Morgan fingerprint density at radius 2 is 1.41 bits per heavy atom. The number of benzene rings is 2. The summed E-state index contributed by atoms with van der Waals surface area (Å²) in [7, 11) is -11.4. The van der Waals surface area contributed by atoms with Gasteiger partial charge in [-0.15, -0.1) is 5.06 Å². The lowest BCUT2D eigenvalue weighted by Crippen LogP contribution is -2.33. The van der Waals surface area contributed by atoms with Gasteiger partial charge >= 0.3 is 5.97 Å². The molecule has 2 unspecified atom stereocenters. The van der Waals surface area contributed by atoms with Crippen molar-refractivity contribution in [2.75, 3.05) is 77.6 Å². The zero-order valence-electron chi connectivity index (χ0n) is 35.8. The predicted molar refractivity (Wildman–Crippen MR) is 223 cm³/mol. The van der Waals surface area contributed by atoms with E-state index in [0.29, 0.717) is 52.0 Å². The maximum Gasteiger partial charge on any atom is 0.335 e. The van der Waals surface area contributed by atoms with Crippen LogP contribution in [0.25, 0.3) is 0 Å². The molecule has 2 aromatic carbocycles. The third-order valence-electron chi connectivity index (χ3n) is 11.4. The second-order valence-corrected chi connectivity index (χ2v) is 19.9. The molecule has 3 aliphatic rings. The molecule has 0 aromatic heterocycles. The van der Waals surface area contributed by atoms with Gasteiger partial charge < -0.3 is 42.3 Å². The Labute approximate surface area is 372 Å². The number of allylic oxidation sites excluding steroid dienone is 4. The van der Waals surface area contributed by atoms with Gasteiger partial charge in [-0.2, -0.15) is 4.58 Å². The van der Waals surface area contributed by atoms with Crippen molar-refractivity contribution in [1.29, 1.82) is 0 Å². The summed E-state index contributed by atoms with van der Waals surface area (Å²) >= 11 is 0. The second kappa shape index (κ2) is 20.8. The zero-order chi connectivity index (χ0) is 47.1. The molecular weight excluding hydrogens is 903 g/mol. The molecule has 1 saturated heterocycles. The number of carbonyl (C=O) groups is 3. The number of fused-ring (bicyclic) bond motifs is 2. The van der Waals surface area contributed by atoms with E-state index in [1.54, 1.807) is 25.2 Å². The van der Waals surface area contributed by atoms with Gasteiger partial charge in [-0.05, 0) is 75.1 Å². The van der Waals surface area contributed by atoms with E-state index in [0.717, 1.165) is 0 Å². The van der Waals surface area contributed by atoms with Gasteiger partial charge in [-0.1, -0.05) is 6.08 Å². The Morgan fingerprint density at radius 1 is 0.781 bits per heavy atom. The van der Waals surface area contributed by atoms with Gasteiger partial charge in [-0.25, -0.2) is 30.0 Å². The molecule has 2 atom stereocenters. The normalized spacial score (nSPS) is 20.9. The first kappa shape index (κ1) is 50.6. The maximum atomic E-state index is 12.4. The fourth-order valence-electron chi connectivity index (χ4n) is 8.14. The Kier molecular flexibility index (Phi) is 16.4. The molecule has 0 bridgehead atoms. The minimum Gasteiger partial charge on any atom is -0.748 e. The average molecular weight is 954 g/mol. The third-order valence-corrected chi connectivity index (χ3v) is 13.8. The van der Waals surface area contributed by atoms with Crippen molar-refractivity contribution in [3.8, 4) is 0 Å². The summed E-state index contributed by atoms with van der Waals surface area (Å²) in [4.78, 5) is 41.9. The molecular formula is C41H51N3O17S3-2. The molecule has 1 fully saturated rings. The van der Waals surface area contributed by atoms with Crippen LogP contribution in [0.4, 0.5) is 11.4 Å². The molecule has 64 heavy (non-hydrogen) atoms. The van der Waals surface area contributed by atoms with Crippen molar-refractivity contribution < 1.29 is 81.7 Å². The number of nitrogens with zero attached hydrogens (tertiary/aromatic N) is 3. The first-order valence-electron chi connectivity index (χ1n) is 20.2. The van der Waals surface area contributed by atoms with E-state index in [1.807, 2.05) is 16.4 Å². The fourth-order valence-corrected chi connectivity index (χ4v) is 9.63. The monoisotopic (exact) mass is 953 g/mol. The number of ether oxygens (including phenoxy) is 4. The van der Waals surface area contributed by atoms with Gasteiger partial charge in [0, 0.05) is 80.5 Å². The summed E-state index contributed by atoms with van der Waals surface area (Å²) < 4.78 is 133. The Hall–Kier alpha value is -4.43. The molecule has 2 aromatic rings. The fraction of sp³-hybridized carbons (Fsp3) is 0.512. The summed E-state index contributed by atoms with van der Waals surface area (Å²) in [6.45, 7) is 4.78. The van der Waals surface area contributed by atoms with Crippen LogP contribution in [0.3, 0.4) is 0 Å². The van der Waals surface area contributed by atoms with E-state index in [4.69, 9.17) is 23.8 Å². The number of methoxy groups -OCH3 is 2. The molecule has 0 spiro atoms. The summed E-state index contributed by atoms with van der Waals surface area (Å²) in [5, 5.41) is 0.442. The molecule has 3 heterocycles. The summed E-state index contributed by atoms with van der Waals surface area (Å²) in [5.41, 5.74) is 0.982. The highest BCUT2D eigenvalue weighted by molar-refractivity contribution is 7.86. The smallest absolute Gasteiger partial charge is 0.335 e. The minimum atomic E-state index is -4.92. The van der Waals surface area contributed by atoms with Crippen LogP contribution in [0.15, 0.2) is 70.1 Å². The number of imide groups is 1. The molecule has 3 aliphatic heterocycles. The van der Waals surface area contributed by atoms with Crippen molar-refractivity contribution in [2.24, 2.45) is 0 Å². The number of amides is 2. The van der Waals surface area contributed by atoms with E-state index in [-0.39, 0.29) is 78.2 Å². The standard InChI is InChI=1S/C41H53N3O17S3/c1-40(16-6-26-62(48,49)50)31-27-29(63(51,52)53)9-11-33(31)42(19-23-60-25-24-58-4)35(40)7-5-8-36-41(2,17-21-57-3)32-28-30(64(54,55)56)10-12-34(32)43(36)18-22-59-20-15-39(47)61-44-37(45)13-14-38(44)46/h5,7-12,27-28H,6,13-26H2,1-4H3,(H2-,48,49,50,51,52,53,54,55,56)/p-2. The van der Waals surface area contributed by atoms with Crippen molar-refractivity contribution in [1.82, 2.24) is 5.06 Å². The first-order chi connectivity index (χ1) is 30.0. The van der Waals surface area contributed by atoms with E-state index in [9.17, 15) is 53.3 Å². The number of anilines is 1. The van der Waals surface area contributed by atoms with Crippen LogP contribution in [0.1, 0.15) is 63.5 Å². The molecule has 0 aliphatic carbocycles. The van der Waals surface area contributed by atoms with Crippen molar-refractivity contribution in [3.05, 3.63) is 71.5 Å². The third kappa shape index (κ3) is 11.9. The molecule has 0 radical (unpaired) electrons. The molecule has 5 rings (SSSR count). The van der Waals surface area contributed by atoms with Crippen LogP contribution >= 0.6 is 0 Å². The van der Waals surface area contributed by atoms with Crippen LogP contribution in [0.5, 0.6) is 0 Å². The highest BCUT2D eigenvalue weighted by Crippen LogP contribution is 2.51. The van der Waals surface area contributed by atoms with Crippen LogP contribution in [-0.4, -0.2) is 145 Å². The highest BCUT2D eigenvalue weighted by atomic mass is 32.2. The lowest BCUT2D eigenvalue weighted by atomic mass is 9.75. The van der Waals surface area contributed by atoms with Crippen LogP contribution in [-0.2, 0) is 79.4 Å². The summed E-state index contributed by atoms with van der Waals surface area (Å²) in [6, 6.07) is 7.95. The van der Waals surface area contributed by atoms with Gasteiger partial charge in [0.15, 0.2) is 12.3 Å². The lowest BCUT2D eigenvalue weighted by Gasteiger charge is -2.30. The lowest BCUT2D eigenvalue weighted by molar-refractivity contribution is -0.442. The summed E-state index contributed by atoms with van der Waals surface area (Å²) in [5.74, 6) is -2.80. The highest BCUT2D eigenvalue weighted by Gasteiger charge is 2.48. The molecule has 2 amide bonds. The van der Waals surface area contributed by atoms with Crippen molar-refractivity contribution in [3.63, 3.8) is 0 Å². The van der Waals surface area contributed by atoms with Gasteiger partial charge in [-0.3, -0.25) is 9.59 Å². The van der Waals surface area contributed by atoms with Gasteiger partial charge in [0.25, 0.3) is 11.8 Å². The van der Waals surface area contributed by atoms with Crippen molar-refractivity contribution >= 4 is 65.2 Å². The molecule has 0 saturated carbocycles. The van der Waals surface area contributed by atoms with E-state index >= 15 is 0 Å². The number of hydrogen-bond donors (Lipinski definition) is 0.